The first-order valence-electron chi connectivity index (χ1n) is 10.1. The number of carbonyl (C=O) groups excluding carboxylic acids is 1. The van der Waals surface area contributed by atoms with Crippen LogP contribution in [0.5, 0.6) is 17.2 Å². The maximum absolute atomic E-state index is 12.6. The number of Topliss-reactive ketones (excluding diaryl/α,β-unsaturated/α-hetero) is 1. The first-order chi connectivity index (χ1) is 15.7. The van der Waals surface area contributed by atoms with Crippen molar-refractivity contribution < 1.29 is 23.7 Å². The van der Waals surface area contributed by atoms with E-state index in [1.807, 2.05) is 48.5 Å². The molecule has 0 amide bonds. The van der Waals surface area contributed by atoms with Crippen molar-refractivity contribution in [3.63, 3.8) is 0 Å². The fourth-order valence-electron chi connectivity index (χ4n) is 3.61. The molecule has 0 N–H and O–H groups in total. The highest BCUT2D eigenvalue weighted by molar-refractivity contribution is 6.30. The summed E-state index contributed by atoms with van der Waals surface area (Å²) in [7, 11) is 0. The Labute approximate surface area is 190 Å². The quantitative estimate of drug-likeness (QED) is 0.453. The Morgan fingerprint density at radius 3 is 2.81 bits per heavy atom. The van der Waals surface area contributed by atoms with E-state index in [1.54, 1.807) is 30.4 Å². The van der Waals surface area contributed by atoms with Gasteiger partial charge in [0, 0.05) is 22.2 Å². The van der Waals surface area contributed by atoms with Crippen molar-refractivity contribution in [2.45, 2.75) is 13.2 Å². The Balaban J connectivity index is 1.30. The van der Waals surface area contributed by atoms with Crippen LogP contribution in [0, 0.1) is 0 Å². The summed E-state index contributed by atoms with van der Waals surface area (Å²) in [6.07, 6.45) is 5.39. The normalized spacial score (nSPS) is 15.9. The van der Waals surface area contributed by atoms with Crippen molar-refractivity contribution in [2.75, 3.05) is 6.79 Å². The number of ketones is 1. The van der Waals surface area contributed by atoms with Crippen LogP contribution in [0.1, 0.15) is 27.0 Å². The van der Waals surface area contributed by atoms with Crippen LogP contribution in [-0.2, 0) is 18.0 Å². The molecule has 0 unspecified atom stereocenters. The topological polar surface area (TPSA) is 54.0 Å². The Kier molecular flexibility index (Phi) is 5.67. The third-order valence-electron chi connectivity index (χ3n) is 5.12. The molecule has 3 aromatic rings. The molecule has 6 heteroatoms. The van der Waals surface area contributed by atoms with E-state index < -0.39 is 0 Å². The molecule has 160 valence electrons. The predicted octanol–water partition coefficient (Wildman–Crippen LogP) is 5.96. The maximum Gasteiger partial charge on any atom is 0.231 e. The summed E-state index contributed by atoms with van der Waals surface area (Å²) in [6.45, 7) is 0.911. The van der Waals surface area contributed by atoms with Crippen molar-refractivity contribution in [3.05, 3.63) is 106 Å². The van der Waals surface area contributed by atoms with E-state index in [-0.39, 0.29) is 24.9 Å². The Hall–Kier alpha value is -3.54. The van der Waals surface area contributed by atoms with Crippen LogP contribution in [0.15, 0.2) is 78.6 Å². The van der Waals surface area contributed by atoms with Crippen molar-refractivity contribution >= 4 is 23.5 Å². The zero-order chi connectivity index (χ0) is 21.9. The first-order valence-corrected chi connectivity index (χ1v) is 10.5. The molecular formula is C26H19ClO5. The van der Waals surface area contributed by atoms with Crippen LogP contribution in [0.2, 0.25) is 5.02 Å². The van der Waals surface area contributed by atoms with Gasteiger partial charge in [0.2, 0.25) is 5.78 Å². The summed E-state index contributed by atoms with van der Waals surface area (Å²) < 4.78 is 22.7. The third-order valence-corrected chi connectivity index (χ3v) is 5.34. The van der Waals surface area contributed by atoms with E-state index in [1.165, 1.54) is 0 Å². The SMILES string of the molecule is O=C1/C(=C/C=C/c2ccccc2)Oc2cc(OCc3cc(Cl)cc4c3OCOC4)ccc21. The van der Waals surface area contributed by atoms with Crippen LogP contribution in [0.25, 0.3) is 6.08 Å². The number of halogens is 1. The predicted molar refractivity (Wildman–Crippen MR) is 121 cm³/mol. The molecule has 32 heavy (non-hydrogen) atoms. The number of hydrogen-bond acceptors (Lipinski definition) is 5. The lowest BCUT2D eigenvalue weighted by atomic mass is 10.1. The zero-order valence-electron chi connectivity index (χ0n) is 17.0. The van der Waals surface area contributed by atoms with E-state index in [9.17, 15) is 4.79 Å². The van der Waals surface area contributed by atoms with Gasteiger partial charge in [-0.05, 0) is 35.9 Å². The van der Waals surface area contributed by atoms with Crippen molar-refractivity contribution in [2.24, 2.45) is 0 Å². The molecule has 0 aromatic heterocycles. The van der Waals surface area contributed by atoms with Gasteiger partial charge in [-0.2, -0.15) is 0 Å². The van der Waals surface area contributed by atoms with Gasteiger partial charge in [0.25, 0.3) is 0 Å². The highest BCUT2D eigenvalue weighted by atomic mass is 35.5. The van der Waals surface area contributed by atoms with Crippen LogP contribution in [0.3, 0.4) is 0 Å². The maximum atomic E-state index is 12.6. The molecule has 0 radical (unpaired) electrons. The minimum atomic E-state index is -0.151. The standard InChI is InChI=1S/C26H19ClO5/c27-20-11-18-14-29-16-31-26(18)19(12-20)15-30-21-9-10-22-24(13-21)32-23(25(22)28)8-4-7-17-5-2-1-3-6-17/h1-13H,14-16H2/b7-4+,23-8-. The molecule has 2 heterocycles. The van der Waals surface area contributed by atoms with Crippen molar-refractivity contribution in [1.82, 2.24) is 0 Å². The van der Waals surface area contributed by atoms with Crippen LogP contribution >= 0.6 is 11.6 Å². The average molecular weight is 447 g/mol. The number of carbonyl (C=O) groups is 1. The molecular weight excluding hydrogens is 428 g/mol. The summed E-state index contributed by atoms with van der Waals surface area (Å²) >= 11 is 6.22. The fourth-order valence-corrected chi connectivity index (χ4v) is 3.87. The molecule has 0 fully saturated rings. The summed E-state index contributed by atoms with van der Waals surface area (Å²) in [5.74, 6) is 1.93. The van der Waals surface area contributed by atoms with Gasteiger partial charge < -0.3 is 18.9 Å². The van der Waals surface area contributed by atoms with Crippen LogP contribution < -0.4 is 14.2 Å². The van der Waals surface area contributed by atoms with E-state index in [4.69, 9.17) is 30.5 Å². The largest absolute Gasteiger partial charge is 0.489 e. The molecule has 2 aliphatic rings. The molecule has 2 aliphatic heterocycles. The number of fused-ring (bicyclic) bond motifs is 2. The van der Waals surface area contributed by atoms with Gasteiger partial charge in [-0.15, -0.1) is 0 Å². The highest BCUT2D eigenvalue weighted by Gasteiger charge is 2.27. The average Bonchev–Trinajstić information content (AvgIpc) is 3.13. The lowest BCUT2D eigenvalue weighted by Crippen LogP contribution is -2.14. The second-order valence-corrected chi connectivity index (χ2v) is 7.78. The number of ether oxygens (including phenoxy) is 4. The van der Waals surface area contributed by atoms with E-state index in [0.717, 1.165) is 22.4 Å². The summed E-state index contributed by atoms with van der Waals surface area (Å²) in [4.78, 5) is 12.6. The van der Waals surface area contributed by atoms with E-state index >= 15 is 0 Å². The molecule has 0 spiro atoms. The molecule has 3 aromatic carbocycles. The molecule has 0 aliphatic carbocycles. The molecule has 0 atom stereocenters. The van der Waals surface area contributed by atoms with Gasteiger partial charge in [-0.3, -0.25) is 4.79 Å². The summed E-state index contributed by atoms with van der Waals surface area (Å²) in [5.41, 5.74) is 3.28. The second kappa shape index (κ2) is 8.91. The Morgan fingerprint density at radius 2 is 1.94 bits per heavy atom. The third kappa shape index (κ3) is 4.26. The Bertz CT molecular complexity index is 1230. The molecule has 0 saturated heterocycles. The van der Waals surface area contributed by atoms with Gasteiger partial charge in [0.15, 0.2) is 12.6 Å². The number of hydrogen-bond donors (Lipinski definition) is 0. The summed E-state index contributed by atoms with van der Waals surface area (Å²) in [5, 5.41) is 0.595. The zero-order valence-corrected chi connectivity index (χ0v) is 17.8. The highest BCUT2D eigenvalue weighted by Crippen LogP contribution is 2.36. The van der Waals surface area contributed by atoms with E-state index in [0.29, 0.717) is 28.7 Å². The molecule has 5 nitrogen and oxygen atoms in total. The van der Waals surface area contributed by atoms with Crippen LogP contribution in [-0.4, -0.2) is 12.6 Å². The van der Waals surface area contributed by atoms with Crippen molar-refractivity contribution in [3.8, 4) is 17.2 Å². The molecule has 5 rings (SSSR count). The minimum absolute atomic E-state index is 0.151. The molecule has 0 saturated carbocycles. The van der Waals surface area contributed by atoms with Gasteiger partial charge in [0.05, 0.1) is 12.2 Å². The lowest BCUT2D eigenvalue weighted by Gasteiger charge is -2.21. The Morgan fingerprint density at radius 1 is 1.06 bits per heavy atom. The smallest absolute Gasteiger partial charge is 0.231 e. The van der Waals surface area contributed by atoms with Gasteiger partial charge in [-0.25, -0.2) is 0 Å². The van der Waals surface area contributed by atoms with Crippen molar-refractivity contribution in [1.29, 1.82) is 0 Å². The van der Waals surface area contributed by atoms with Gasteiger partial charge in [0.1, 0.15) is 23.9 Å². The molecule has 0 bridgehead atoms. The number of benzene rings is 3. The minimum Gasteiger partial charge on any atom is -0.489 e. The van der Waals surface area contributed by atoms with Gasteiger partial charge in [-0.1, -0.05) is 54.1 Å². The summed E-state index contributed by atoms with van der Waals surface area (Å²) in [6, 6.07) is 18.7. The lowest BCUT2D eigenvalue weighted by molar-refractivity contribution is -0.0175. The number of allylic oxidation sites excluding steroid dienone is 3. The number of rotatable bonds is 5. The monoisotopic (exact) mass is 446 g/mol. The van der Waals surface area contributed by atoms with Gasteiger partial charge >= 0.3 is 0 Å². The second-order valence-electron chi connectivity index (χ2n) is 7.34. The fraction of sp³-hybridized carbons (Fsp3) is 0.115. The van der Waals surface area contributed by atoms with Crippen LogP contribution in [0.4, 0.5) is 0 Å². The van der Waals surface area contributed by atoms with E-state index in [2.05, 4.69) is 0 Å². The first kappa shape index (κ1) is 20.4.